The van der Waals surface area contributed by atoms with Crippen molar-refractivity contribution in [3.8, 4) is 0 Å². The number of hydrogen-bond acceptors (Lipinski definition) is 4. The third-order valence-corrected chi connectivity index (χ3v) is 4.90. The molecular weight excluding hydrogens is 400 g/mol. The van der Waals surface area contributed by atoms with Crippen molar-refractivity contribution in [2.75, 3.05) is 40.3 Å². The van der Waals surface area contributed by atoms with E-state index in [1.165, 1.54) is 7.11 Å². The van der Waals surface area contributed by atoms with Crippen molar-refractivity contribution in [1.29, 1.82) is 0 Å². The van der Waals surface area contributed by atoms with Gasteiger partial charge in [-0.1, -0.05) is 28.9 Å². The summed E-state index contributed by atoms with van der Waals surface area (Å²) >= 11 is 3.36. The summed E-state index contributed by atoms with van der Waals surface area (Å²) in [5, 5.41) is 6.10. The molecule has 2 rings (SSSR count). The topological polar surface area (TPSA) is 83.0 Å². The Bertz CT molecular complexity index is 680. The van der Waals surface area contributed by atoms with Gasteiger partial charge in [-0.05, 0) is 24.1 Å². The smallest absolute Gasteiger partial charge is 0.310 e. The summed E-state index contributed by atoms with van der Waals surface area (Å²) in [6.45, 7) is 4.36. The molecule has 2 unspecified atom stereocenters. The highest BCUT2D eigenvalue weighted by Crippen LogP contribution is 2.23. The van der Waals surface area contributed by atoms with Crippen LogP contribution in [0.25, 0.3) is 0 Å². The van der Waals surface area contributed by atoms with E-state index in [9.17, 15) is 9.59 Å². The van der Waals surface area contributed by atoms with E-state index < -0.39 is 0 Å². The number of guanidine groups is 1. The zero-order valence-electron chi connectivity index (χ0n) is 15.3. The van der Waals surface area contributed by atoms with E-state index in [0.29, 0.717) is 25.2 Å². The number of rotatable bonds is 5. The van der Waals surface area contributed by atoms with Crippen LogP contribution in [0.15, 0.2) is 33.7 Å². The second kappa shape index (κ2) is 9.56. The third-order valence-electron chi connectivity index (χ3n) is 4.41. The molecule has 1 saturated heterocycles. The SMILES string of the molecule is CN=C(NCCNC(=O)c1cccc(Br)c1)N1CC(C)C(C(=O)OC)C1. The average molecular weight is 425 g/mol. The fraction of sp³-hybridized carbons (Fsp3) is 0.500. The largest absolute Gasteiger partial charge is 0.469 e. The summed E-state index contributed by atoms with van der Waals surface area (Å²) in [4.78, 5) is 30.2. The molecule has 2 N–H and O–H groups in total. The zero-order valence-corrected chi connectivity index (χ0v) is 16.9. The molecular formula is C18H25BrN4O3. The van der Waals surface area contributed by atoms with Gasteiger partial charge in [0.25, 0.3) is 5.91 Å². The molecule has 1 fully saturated rings. The van der Waals surface area contributed by atoms with Gasteiger partial charge in [0.2, 0.25) is 0 Å². The van der Waals surface area contributed by atoms with E-state index in [1.807, 2.05) is 24.0 Å². The first-order chi connectivity index (χ1) is 12.5. The molecule has 1 amide bonds. The van der Waals surface area contributed by atoms with Crippen LogP contribution in [-0.4, -0.2) is 63.1 Å². The summed E-state index contributed by atoms with van der Waals surface area (Å²) in [6, 6.07) is 7.25. The van der Waals surface area contributed by atoms with Gasteiger partial charge < -0.3 is 20.3 Å². The molecule has 1 aromatic carbocycles. The number of halogens is 1. The Morgan fingerprint density at radius 3 is 2.69 bits per heavy atom. The lowest BCUT2D eigenvalue weighted by Crippen LogP contribution is -2.43. The normalized spacial score (nSPS) is 20.0. The van der Waals surface area contributed by atoms with Crippen LogP contribution in [-0.2, 0) is 9.53 Å². The third kappa shape index (κ3) is 5.20. The quantitative estimate of drug-likeness (QED) is 0.323. The van der Waals surface area contributed by atoms with Crippen LogP contribution in [0.3, 0.4) is 0 Å². The van der Waals surface area contributed by atoms with E-state index in [0.717, 1.165) is 17.0 Å². The highest BCUT2D eigenvalue weighted by Gasteiger charge is 2.36. The summed E-state index contributed by atoms with van der Waals surface area (Å²) in [5.74, 6) is 0.479. The van der Waals surface area contributed by atoms with E-state index in [4.69, 9.17) is 4.74 Å². The minimum absolute atomic E-state index is 0.122. The number of carbonyl (C=O) groups excluding carboxylic acids is 2. The molecule has 1 aliphatic heterocycles. The monoisotopic (exact) mass is 424 g/mol. The van der Waals surface area contributed by atoms with Crippen molar-refractivity contribution in [3.63, 3.8) is 0 Å². The fourth-order valence-corrected chi connectivity index (χ4v) is 3.41. The lowest BCUT2D eigenvalue weighted by molar-refractivity contribution is -0.145. The Balaban J connectivity index is 1.79. The Labute approximate surface area is 162 Å². The van der Waals surface area contributed by atoms with Crippen LogP contribution in [0, 0.1) is 11.8 Å². The van der Waals surface area contributed by atoms with Crippen LogP contribution < -0.4 is 10.6 Å². The Kier molecular flexibility index (Phi) is 7.44. The number of amides is 1. The maximum absolute atomic E-state index is 12.1. The van der Waals surface area contributed by atoms with Gasteiger partial charge in [-0.25, -0.2) is 0 Å². The first kappa shape index (κ1) is 20.2. The van der Waals surface area contributed by atoms with E-state index in [-0.39, 0.29) is 23.7 Å². The molecule has 0 spiro atoms. The van der Waals surface area contributed by atoms with E-state index in [1.54, 1.807) is 19.2 Å². The van der Waals surface area contributed by atoms with Crippen molar-refractivity contribution in [3.05, 3.63) is 34.3 Å². The maximum atomic E-state index is 12.1. The van der Waals surface area contributed by atoms with Crippen molar-refractivity contribution >= 4 is 33.8 Å². The molecule has 0 aromatic heterocycles. The van der Waals surface area contributed by atoms with Crippen LogP contribution >= 0.6 is 15.9 Å². The predicted octanol–water partition coefficient (Wildman–Crippen LogP) is 1.50. The number of nitrogens with zero attached hydrogens (tertiary/aromatic N) is 2. The molecule has 0 saturated carbocycles. The minimum Gasteiger partial charge on any atom is -0.469 e. The van der Waals surface area contributed by atoms with E-state index >= 15 is 0 Å². The van der Waals surface area contributed by atoms with Gasteiger partial charge in [0, 0.05) is 43.3 Å². The predicted molar refractivity (Wildman–Crippen MR) is 104 cm³/mol. The number of aliphatic imine (C=N–C) groups is 1. The average Bonchev–Trinajstić information content (AvgIpc) is 3.02. The molecule has 0 radical (unpaired) electrons. The van der Waals surface area contributed by atoms with Crippen molar-refractivity contribution < 1.29 is 14.3 Å². The number of methoxy groups -OCH3 is 1. The lowest BCUT2D eigenvalue weighted by atomic mass is 9.99. The van der Waals surface area contributed by atoms with Gasteiger partial charge in [-0.15, -0.1) is 0 Å². The number of esters is 1. The van der Waals surface area contributed by atoms with Crippen LogP contribution in [0.2, 0.25) is 0 Å². The van der Waals surface area contributed by atoms with Gasteiger partial charge in [0.1, 0.15) is 0 Å². The molecule has 0 aliphatic carbocycles. The molecule has 26 heavy (non-hydrogen) atoms. The highest BCUT2D eigenvalue weighted by molar-refractivity contribution is 9.10. The summed E-state index contributed by atoms with van der Waals surface area (Å²) in [6.07, 6.45) is 0. The molecule has 2 atom stereocenters. The Morgan fingerprint density at radius 1 is 1.31 bits per heavy atom. The second-order valence-electron chi connectivity index (χ2n) is 6.25. The van der Waals surface area contributed by atoms with Crippen molar-refractivity contribution in [2.24, 2.45) is 16.8 Å². The number of nitrogens with one attached hydrogen (secondary N) is 2. The number of benzene rings is 1. The molecule has 7 nitrogen and oxygen atoms in total. The standard InChI is InChI=1S/C18H25BrN4O3/c1-12-10-23(11-15(12)17(25)26-3)18(20-2)22-8-7-21-16(24)13-5-4-6-14(19)9-13/h4-6,9,12,15H,7-8,10-11H2,1-3H3,(H,20,22)(H,21,24). The Morgan fingerprint density at radius 2 is 2.04 bits per heavy atom. The molecule has 1 aliphatic rings. The maximum Gasteiger partial charge on any atom is 0.310 e. The van der Waals surface area contributed by atoms with Crippen molar-refractivity contribution in [2.45, 2.75) is 6.92 Å². The highest BCUT2D eigenvalue weighted by atomic mass is 79.9. The van der Waals surface area contributed by atoms with Gasteiger partial charge >= 0.3 is 5.97 Å². The summed E-state index contributed by atoms with van der Waals surface area (Å²) in [5.41, 5.74) is 0.609. The molecule has 0 bridgehead atoms. The van der Waals surface area contributed by atoms with Gasteiger partial charge in [-0.2, -0.15) is 0 Å². The first-order valence-corrected chi connectivity index (χ1v) is 9.32. The lowest BCUT2D eigenvalue weighted by Gasteiger charge is -2.21. The van der Waals surface area contributed by atoms with E-state index in [2.05, 4.69) is 31.6 Å². The number of hydrogen-bond donors (Lipinski definition) is 2. The number of ether oxygens (including phenoxy) is 1. The van der Waals surface area contributed by atoms with Gasteiger partial charge in [0.15, 0.2) is 5.96 Å². The van der Waals surface area contributed by atoms with Gasteiger partial charge in [0.05, 0.1) is 13.0 Å². The first-order valence-electron chi connectivity index (χ1n) is 8.53. The number of likely N-dealkylation sites (tertiary alicyclic amines) is 1. The summed E-state index contributed by atoms with van der Waals surface area (Å²) < 4.78 is 5.73. The van der Waals surface area contributed by atoms with Crippen LogP contribution in [0.1, 0.15) is 17.3 Å². The summed E-state index contributed by atoms with van der Waals surface area (Å²) in [7, 11) is 3.12. The number of carbonyl (C=O) groups is 2. The molecule has 1 heterocycles. The molecule has 142 valence electrons. The molecule has 8 heteroatoms. The van der Waals surface area contributed by atoms with Gasteiger partial charge in [-0.3, -0.25) is 14.6 Å². The van der Waals surface area contributed by atoms with Crippen LogP contribution in [0.4, 0.5) is 0 Å². The second-order valence-corrected chi connectivity index (χ2v) is 7.17. The zero-order chi connectivity index (χ0) is 19.1. The molecule has 1 aromatic rings. The Hall–Kier alpha value is -2.09. The fourth-order valence-electron chi connectivity index (χ4n) is 3.01. The van der Waals surface area contributed by atoms with Crippen LogP contribution in [0.5, 0.6) is 0 Å². The van der Waals surface area contributed by atoms with Crippen molar-refractivity contribution in [1.82, 2.24) is 15.5 Å². The minimum atomic E-state index is -0.184.